The Morgan fingerprint density at radius 3 is 2.89 bits per heavy atom. The monoisotopic (exact) mass is 383 g/mol. The van der Waals surface area contributed by atoms with Crippen molar-refractivity contribution in [1.29, 1.82) is 0 Å². The van der Waals surface area contributed by atoms with Crippen molar-refractivity contribution in [2.24, 2.45) is 0 Å². The largest absolute Gasteiger partial charge is 0.493 e. The zero-order chi connectivity index (χ0) is 19.0. The zero-order valence-corrected chi connectivity index (χ0v) is 14.8. The van der Waals surface area contributed by atoms with Crippen LogP contribution in [-0.2, 0) is 0 Å². The number of fused-ring (bicyclic) bond motifs is 1. The first-order valence-corrected chi connectivity index (χ1v) is 8.85. The molecular weight excluding hydrogens is 370 g/mol. The van der Waals surface area contributed by atoms with E-state index in [4.69, 9.17) is 9.84 Å². The molecule has 10 heteroatoms. The van der Waals surface area contributed by atoms with Gasteiger partial charge in [0.25, 0.3) is 5.56 Å². The summed E-state index contributed by atoms with van der Waals surface area (Å²) in [5.41, 5.74) is 1.58. The quantitative estimate of drug-likeness (QED) is 0.482. The van der Waals surface area contributed by atoms with Crippen molar-refractivity contribution >= 4 is 28.5 Å². The highest BCUT2D eigenvalue weighted by Crippen LogP contribution is 2.35. The molecule has 3 N–H and O–H groups in total. The van der Waals surface area contributed by atoms with E-state index in [9.17, 15) is 9.59 Å². The fourth-order valence-electron chi connectivity index (χ4n) is 2.63. The lowest BCUT2D eigenvalue weighted by molar-refractivity contribution is 0.0697. The van der Waals surface area contributed by atoms with Gasteiger partial charge in [0.1, 0.15) is 11.6 Å². The first-order chi connectivity index (χ1) is 13.1. The molecule has 0 spiro atoms. The molecule has 4 rings (SSSR count). The third-order valence-corrected chi connectivity index (χ3v) is 4.84. The average molecular weight is 383 g/mol. The number of hydrogen-bond donors (Lipinski definition) is 3. The molecule has 0 bridgehead atoms. The highest BCUT2D eigenvalue weighted by molar-refractivity contribution is 7.13. The van der Waals surface area contributed by atoms with Crippen LogP contribution in [0.15, 0.2) is 34.4 Å². The maximum Gasteiger partial charge on any atom is 0.336 e. The number of nitrogens with one attached hydrogen (secondary N) is 2. The van der Waals surface area contributed by atoms with Gasteiger partial charge in [-0.05, 0) is 30.7 Å². The summed E-state index contributed by atoms with van der Waals surface area (Å²) in [6.07, 6.45) is 0. The van der Waals surface area contributed by atoms with Gasteiger partial charge in [-0.25, -0.2) is 9.78 Å². The summed E-state index contributed by atoms with van der Waals surface area (Å²) in [5.74, 6) is -0.137. The number of carboxylic acids is 1. The molecule has 0 saturated carbocycles. The number of carbonyl (C=O) groups is 1. The summed E-state index contributed by atoms with van der Waals surface area (Å²) < 4.78 is 5.72. The minimum absolute atomic E-state index is 0.133. The van der Waals surface area contributed by atoms with E-state index >= 15 is 0 Å². The molecule has 4 aromatic rings. The Morgan fingerprint density at radius 1 is 1.30 bits per heavy atom. The molecule has 0 aliphatic carbocycles. The number of thiophene rings is 1. The van der Waals surface area contributed by atoms with E-state index in [1.807, 2.05) is 13.0 Å². The third-order valence-electron chi connectivity index (χ3n) is 3.86. The number of hydrogen-bond acceptors (Lipinski definition) is 7. The van der Waals surface area contributed by atoms with Crippen molar-refractivity contribution in [3.05, 3.63) is 45.6 Å². The predicted octanol–water partition coefficient (Wildman–Crippen LogP) is 2.53. The Labute approximate surface area is 155 Å². The minimum atomic E-state index is -0.971. The van der Waals surface area contributed by atoms with Crippen LogP contribution in [0.2, 0.25) is 0 Å². The van der Waals surface area contributed by atoms with Gasteiger partial charge >= 0.3 is 5.97 Å². The smallest absolute Gasteiger partial charge is 0.336 e. The highest BCUT2D eigenvalue weighted by atomic mass is 32.1. The van der Waals surface area contributed by atoms with E-state index in [2.05, 4.69) is 25.4 Å². The second-order valence-electron chi connectivity index (χ2n) is 5.56. The third kappa shape index (κ3) is 3.06. The molecule has 0 fully saturated rings. The lowest BCUT2D eigenvalue weighted by Gasteiger charge is -2.11. The van der Waals surface area contributed by atoms with Crippen molar-refractivity contribution in [2.75, 3.05) is 6.61 Å². The van der Waals surface area contributed by atoms with Gasteiger partial charge in [0.15, 0.2) is 5.52 Å². The van der Waals surface area contributed by atoms with Crippen LogP contribution in [0.25, 0.3) is 33.0 Å². The topological polar surface area (TPSA) is 134 Å². The Morgan fingerprint density at radius 2 is 2.15 bits per heavy atom. The van der Waals surface area contributed by atoms with E-state index in [0.717, 1.165) is 10.4 Å². The summed E-state index contributed by atoms with van der Waals surface area (Å²) in [4.78, 5) is 31.1. The van der Waals surface area contributed by atoms with Crippen LogP contribution in [0.3, 0.4) is 0 Å². The molecule has 0 saturated heterocycles. The van der Waals surface area contributed by atoms with E-state index < -0.39 is 11.5 Å². The summed E-state index contributed by atoms with van der Waals surface area (Å²) in [7, 11) is 0. The van der Waals surface area contributed by atoms with Crippen LogP contribution in [0.5, 0.6) is 5.75 Å². The van der Waals surface area contributed by atoms with Crippen LogP contribution in [0, 0.1) is 0 Å². The van der Waals surface area contributed by atoms with Crippen LogP contribution in [-0.4, -0.2) is 43.1 Å². The molecule has 136 valence electrons. The molecule has 3 aromatic heterocycles. The molecule has 27 heavy (non-hydrogen) atoms. The van der Waals surface area contributed by atoms with Crippen molar-refractivity contribution in [2.45, 2.75) is 6.92 Å². The standard InChI is InChI=1S/C17H13N5O4S/c1-2-26-11-5-8(12-6-9(7-27-12)17(24)25)3-4-10(11)14-18-15-13(16(23)19-14)20-22-21-15/h3-7H,2H2,1H3,(H,24,25)(H2,18,19,20,21,22,23). The van der Waals surface area contributed by atoms with Gasteiger partial charge in [-0.15, -0.1) is 21.5 Å². The predicted molar refractivity (Wildman–Crippen MR) is 99.2 cm³/mol. The molecule has 0 atom stereocenters. The minimum Gasteiger partial charge on any atom is -0.493 e. The van der Waals surface area contributed by atoms with Crippen molar-refractivity contribution in [1.82, 2.24) is 25.4 Å². The van der Waals surface area contributed by atoms with Gasteiger partial charge in [-0.3, -0.25) is 4.79 Å². The number of aromatic amines is 2. The Kier molecular flexibility index (Phi) is 4.16. The van der Waals surface area contributed by atoms with Crippen molar-refractivity contribution in [3.8, 4) is 27.6 Å². The van der Waals surface area contributed by atoms with E-state index in [0.29, 0.717) is 23.7 Å². The summed E-state index contributed by atoms with van der Waals surface area (Å²) >= 11 is 1.33. The first-order valence-electron chi connectivity index (χ1n) is 7.97. The fraction of sp³-hybridized carbons (Fsp3) is 0.118. The lowest BCUT2D eigenvalue weighted by atomic mass is 10.1. The second kappa shape index (κ2) is 6.65. The lowest BCUT2D eigenvalue weighted by Crippen LogP contribution is -2.10. The van der Waals surface area contributed by atoms with Crippen molar-refractivity contribution < 1.29 is 14.6 Å². The van der Waals surface area contributed by atoms with E-state index in [1.165, 1.54) is 11.3 Å². The number of rotatable bonds is 5. The highest BCUT2D eigenvalue weighted by Gasteiger charge is 2.15. The zero-order valence-electron chi connectivity index (χ0n) is 14.0. The number of benzene rings is 1. The Balaban J connectivity index is 1.82. The average Bonchev–Trinajstić information content (AvgIpc) is 3.31. The molecule has 3 heterocycles. The van der Waals surface area contributed by atoms with Crippen LogP contribution in [0.4, 0.5) is 0 Å². The number of H-pyrrole nitrogens is 2. The molecule has 9 nitrogen and oxygen atoms in total. The molecule has 0 radical (unpaired) electrons. The fourth-order valence-corrected chi connectivity index (χ4v) is 3.51. The molecule has 0 aliphatic heterocycles. The van der Waals surface area contributed by atoms with Gasteiger partial charge in [0.2, 0.25) is 5.65 Å². The number of aromatic carboxylic acids is 1. The maximum atomic E-state index is 12.1. The summed E-state index contributed by atoms with van der Waals surface area (Å²) in [6, 6.07) is 7.00. The number of aromatic nitrogens is 5. The SMILES string of the molecule is CCOc1cc(-c2cc(C(=O)O)cs2)ccc1-c1nc2n[nH]nc2c(=O)[nH]1. The number of ether oxygens (including phenoxy) is 1. The van der Waals surface area contributed by atoms with Gasteiger partial charge in [-0.2, -0.15) is 5.21 Å². The Hall–Kier alpha value is -3.53. The molecule has 0 aliphatic rings. The van der Waals surface area contributed by atoms with Gasteiger partial charge in [0, 0.05) is 10.3 Å². The summed E-state index contributed by atoms with van der Waals surface area (Å²) in [6.45, 7) is 2.26. The van der Waals surface area contributed by atoms with Crippen LogP contribution >= 0.6 is 11.3 Å². The molecule has 0 unspecified atom stereocenters. The summed E-state index contributed by atoms with van der Waals surface area (Å²) in [5, 5.41) is 20.7. The van der Waals surface area contributed by atoms with Gasteiger partial charge in [-0.1, -0.05) is 6.07 Å². The molecular formula is C17H13N5O4S. The van der Waals surface area contributed by atoms with Gasteiger partial charge in [0.05, 0.1) is 17.7 Å². The maximum absolute atomic E-state index is 12.1. The van der Waals surface area contributed by atoms with Crippen LogP contribution < -0.4 is 10.3 Å². The first kappa shape index (κ1) is 16.9. The second-order valence-corrected chi connectivity index (χ2v) is 6.47. The number of carboxylic acid groups (broad SMARTS) is 1. The van der Waals surface area contributed by atoms with Crippen molar-refractivity contribution in [3.63, 3.8) is 0 Å². The van der Waals surface area contributed by atoms with Crippen LogP contribution in [0.1, 0.15) is 17.3 Å². The molecule has 1 aromatic carbocycles. The number of nitrogens with zero attached hydrogens (tertiary/aromatic N) is 3. The van der Waals surface area contributed by atoms with E-state index in [-0.39, 0.29) is 16.7 Å². The Bertz CT molecular complexity index is 1210. The normalized spacial score (nSPS) is 11.0. The van der Waals surface area contributed by atoms with E-state index in [1.54, 1.807) is 23.6 Å². The van der Waals surface area contributed by atoms with Gasteiger partial charge < -0.3 is 14.8 Å². The molecule has 0 amide bonds.